The van der Waals surface area contributed by atoms with Crippen LogP contribution in [0.1, 0.15) is 20.3 Å². The minimum atomic E-state index is -4.01. The minimum Gasteiger partial charge on any atom is -0.396 e. The average Bonchev–Trinajstić information content (AvgIpc) is 2.22. The van der Waals surface area contributed by atoms with E-state index >= 15 is 0 Å². The first-order valence-corrected chi connectivity index (χ1v) is 6.53. The van der Waals surface area contributed by atoms with Crippen LogP contribution < -0.4 is 10.5 Å². The lowest BCUT2D eigenvalue weighted by Crippen LogP contribution is -2.32. The lowest BCUT2D eigenvalue weighted by atomic mass is 10.3. The number of hydrogen-bond donors (Lipinski definition) is 2. The molecule has 4 nitrogen and oxygen atoms in total. The van der Waals surface area contributed by atoms with Gasteiger partial charge in [0, 0.05) is 12.1 Å². The third-order valence-electron chi connectivity index (χ3n) is 2.31. The van der Waals surface area contributed by atoms with Gasteiger partial charge in [-0.15, -0.1) is 0 Å². The Morgan fingerprint density at radius 2 is 1.94 bits per heavy atom. The molecule has 0 aliphatic rings. The molecule has 0 aliphatic carbocycles. The highest BCUT2D eigenvalue weighted by atomic mass is 32.2. The molecule has 0 saturated heterocycles. The number of nitrogens with one attached hydrogen (secondary N) is 1. The van der Waals surface area contributed by atoms with E-state index in [1.165, 1.54) is 0 Å². The molecule has 1 aromatic carbocycles. The molecule has 3 N–H and O–H groups in total. The summed E-state index contributed by atoms with van der Waals surface area (Å²) in [7, 11) is -4.01. The maximum Gasteiger partial charge on any atom is 0.243 e. The maximum absolute atomic E-state index is 13.4. The van der Waals surface area contributed by atoms with Crippen LogP contribution >= 0.6 is 0 Å². The molecule has 0 radical (unpaired) electrons. The summed E-state index contributed by atoms with van der Waals surface area (Å²) in [5.41, 5.74) is 4.81. The zero-order valence-electron chi connectivity index (χ0n) is 9.50. The molecule has 7 heteroatoms. The van der Waals surface area contributed by atoms with Gasteiger partial charge < -0.3 is 5.73 Å². The van der Waals surface area contributed by atoms with Crippen LogP contribution in [0.25, 0.3) is 0 Å². The normalized spacial score (nSPS) is 13.6. The molecular formula is C10H14F2N2O2S. The average molecular weight is 264 g/mol. The van der Waals surface area contributed by atoms with Crippen LogP contribution in [0.4, 0.5) is 14.5 Å². The van der Waals surface area contributed by atoms with Gasteiger partial charge >= 0.3 is 0 Å². The highest BCUT2D eigenvalue weighted by molar-refractivity contribution is 7.89. The van der Waals surface area contributed by atoms with Crippen molar-refractivity contribution in [3.8, 4) is 0 Å². The van der Waals surface area contributed by atoms with E-state index in [9.17, 15) is 17.2 Å². The summed E-state index contributed by atoms with van der Waals surface area (Å²) >= 11 is 0. The van der Waals surface area contributed by atoms with Gasteiger partial charge in [0.05, 0.1) is 5.69 Å². The summed E-state index contributed by atoms with van der Waals surface area (Å²) < 4.78 is 52.0. The highest BCUT2D eigenvalue weighted by Crippen LogP contribution is 2.21. The van der Waals surface area contributed by atoms with E-state index in [1.54, 1.807) is 13.8 Å². The van der Waals surface area contributed by atoms with Crippen molar-refractivity contribution in [3.05, 3.63) is 23.8 Å². The number of halogens is 2. The van der Waals surface area contributed by atoms with Crippen LogP contribution in [0.2, 0.25) is 0 Å². The lowest BCUT2D eigenvalue weighted by Gasteiger charge is -2.13. The third-order valence-corrected chi connectivity index (χ3v) is 3.91. The second kappa shape index (κ2) is 4.97. The number of sulfonamides is 1. The van der Waals surface area contributed by atoms with Crippen molar-refractivity contribution in [2.24, 2.45) is 0 Å². The fraction of sp³-hybridized carbons (Fsp3) is 0.400. The first-order valence-electron chi connectivity index (χ1n) is 5.04. The number of benzene rings is 1. The van der Waals surface area contributed by atoms with Crippen molar-refractivity contribution in [2.75, 3.05) is 5.73 Å². The maximum atomic E-state index is 13.4. The van der Waals surface area contributed by atoms with Crippen molar-refractivity contribution in [1.29, 1.82) is 0 Å². The van der Waals surface area contributed by atoms with Crippen LogP contribution in [0.15, 0.2) is 17.0 Å². The molecule has 0 bridgehead atoms. The number of nitrogen functional groups attached to an aromatic ring is 1. The van der Waals surface area contributed by atoms with Crippen molar-refractivity contribution in [2.45, 2.75) is 31.2 Å². The predicted molar refractivity (Wildman–Crippen MR) is 60.8 cm³/mol. The Labute approximate surface area is 98.9 Å². The zero-order valence-corrected chi connectivity index (χ0v) is 10.3. The van der Waals surface area contributed by atoms with Crippen molar-refractivity contribution in [1.82, 2.24) is 4.72 Å². The molecular weight excluding hydrogens is 250 g/mol. The largest absolute Gasteiger partial charge is 0.396 e. The SMILES string of the molecule is CCC(C)NS(=O)(=O)c1cc(N)c(F)cc1F. The van der Waals surface area contributed by atoms with Gasteiger partial charge in [-0.05, 0) is 19.4 Å². The van der Waals surface area contributed by atoms with E-state index in [0.717, 1.165) is 6.07 Å². The standard InChI is InChI=1S/C10H14F2N2O2S/c1-3-6(2)14-17(15,16)10-5-9(13)7(11)4-8(10)12/h4-6,14H,3,13H2,1-2H3. The Morgan fingerprint density at radius 1 is 1.35 bits per heavy atom. The zero-order chi connectivity index (χ0) is 13.2. The van der Waals surface area contributed by atoms with Crippen LogP contribution in [0, 0.1) is 11.6 Å². The minimum absolute atomic E-state index is 0.342. The molecule has 1 rings (SSSR count). The van der Waals surface area contributed by atoms with Gasteiger partial charge in [0.25, 0.3) is 0 Å². The molecule has 0 spiro atoms. The molecule has 96 valence electrons. The molecule has 17 heavy (non-hydrogen) atoms. The smallest absolute Gasteiger partial charge is 0.243 e. The Bertz CT molecular complexity index is 517. The third kappa shape index (κ3) is 3.13. The highest BCUT2D eigenvalue weighted by Gasteiger charge is 2.22. The molecule has 0 aromatic heterocycles. The van der Waals surface area contributed by atoms with E-state index in [4.69, 9.17) is 5.73 Å². The van der Waals surface area contributed by atoms with Gasteiger partial charge in [-0.1, -0.05) is 6.92 Å². The topological polar surface area (TPSA) is 72.2 Å². The van der Waals surface area contributed by atoms with E-state index in [2.05, 4.69) is 4.72 Å². The molecule has 0 aliphatic heterocycles. The molecule has 0 saturated carbocycles. The van der Waals surface area contributed by atoms with Crippen LogP contribution in [-0.2, 0) is 10.0 Å². The summed E-state index contributed by atoms with van der Waals surface area (Å²) in [5, 5.41) is 0. The number of anilines is 1. The van der Waals surface area contributed by atoms with Crippen molar-refractivity contribution < 1.29 is 17.2 Å². The Hall–Kier alpha value is -1.21. The lowest BCUT2D eigenvalue weighted by molar-refractivity contribution is 0.532. The molecule has 0 fully saturated rings. The summed E-state index contributed by atoms with van der Waals surface area (Å²) in [6, 6.07) is 0.890. The second-order valence-corrected chi connectivity index (χ2v) is 5.42. The molecule has 0 heterocycles. The Balaban J connectivity index is 3.20. The quantitative estimate of drug-likeness (QED) is 0.812. The number of rotatable bonds is 4. The van der Waals surface area contributed by atoms with Crippen molar-refractivity contribution in [3.63, 3.8) is 0 Å². The second-order valence-electron chi connectivity index (χ2n) is 3.73. The van der Waals surface area contributed by atoms with Crippen LogP contribution in [0.5, 0.6) is 0 Å². The van der Waals surface area contributed by atoms with Gasteiger partial charge in [0.2, 0.25) is 10.0 Å². The number of hydrogen-bond acceptors (Lipinski definition) is 3. The predicted octanol–water partition coefficient (Wildman–Crippen LogP) is 1.62. The fourth-order valence-electron chi connectivity index (χ4n) is 1.16. The Kier molecular flexibility index (Phi) is 4.05. The summed E-state index contributed by atoms with van der Waals surface area (Å²) in [6.07, 6.45) is 0.553. The van der Waals surface area contributed by atoms with E-state index in [0.29, 0.717) is 12.5 Å². The first-order chi connectivity index (χ1) is 7.77. The summed E-state index contributed by atoms with van der Waals surface area (Å²) in [5.74, 6) is -2.14. The van der Waals surface area contributed by atoms with Gasteiger partial charge in [0.1, 0.15) is 16.5 Å². The molecule has 1 unspecified atom stereocenters. The van der Waals surface area contributed by atoms with E-state index < -0.39 is 32.2 Å². The van der Waals surface area contributed by atoms with Gasteiger partial charge in [0.15, 0.2) is 0 Å². The van der Waals surface area contributed by atoms with Gasteiger partial charge in [-0.2, -0.15) is 0 Å². The van der Waals surface area contributed by atoms with Crippen molar-refractivity contribution >= 4 is 15.7 Å². The Morgan fingerprint density at radius 3 is 2.47 bits per heavy atom. The van der Waals surface area contributed by atoms with Gasteiger partial charge in [-0.25, -0.2) is 21.9 Å². The molecule has 0 amide bonds. The number of nitrogens with two attached hydrogens (primary N) is 1. The van der Waals surface area contributed by atoms with E-state index in [-0.39, 0.29) is 6.04 Å². The molecule has 1 aromatic rings. The summed E-state index contributed by atoms with van der Waals surface area (Å²) in [6.45, 7) is 3.42. The fourth-order valence-corrected chi connectivity index (χ4v) is 2.58. The van der Waals surface area contributed by atoms with Gasteiger partial charge in [-0.3, -0.25) is 0 Å². The van der Waals surface area contributed by atoms with Crippen LogP contribution in [0.3, 0.4) is 0 Å². The molecule has 1 atom stereocenters. The first kappa shape index (κ1) is 13.9. The monoisotopic (exact) mass is 264 g/mol. The van der Waals surface area contributed by atoms with Crippen LogP contribution in [-0.4, -0.2) is 14.5 Å². The van der Waals surface area contributed by atoms with E-state index in [1.807, 2.05) is 0 Å². The summed E-state index contributed by atoms with van der Waals surface area (Å²) in [4.78, 5) is -0.642.